The monoisotopic (exact) mass is 228 g/mol. The van der Waals surface area contributed by atoms with Crippen molar-refractivity contribution in [1.82, 2.24) is 0 Å². The number of phenolic OH excluding ortho intramolecular Hbond substituents is 1. The summed E-state index contributed by atoms with van der Waals surface area (Å²) in [4.78, 5) is 11.1. The first-order valence-electron chi connectivity index (χ1n) is 4.90. The largest absolute Gasteiger partial charge is 0.505 e. The van der Waals surface area contributed by atoms with E-state index in [2.05, 4.69) is 0 Å². The van der Waals surface area contributed by atoms with Gasteiger partial charge < -0.3 is 10.2 Å². The molecule has 0 saturated heterocycles. The fourth-order valence-electron chi connectivity index (χ4n) is 2.10. The van der Waals surface area contributed by atoms with Gasteiger partial charge in [0.15, 0.2) is 11.6 Å². The number of benzene rings is 1. The van der Waals surface area contributed by atoms with E-state index in [0.29, 0.717) is 6.42 Å². The van der Waals surface area contributed by atoms with Crippen LogP contribution in [0.3, 0.4) is 0 Å². The number of hydrogen-bond acceptors (Lipinski definition) is 2. The van der Waals surface area contributed by atoms with Crippen LogP contribution >= 0.6 is 0 Å². The quantitative estimate of drug-likeness (QED) is 0.815. The minimum Gasteiger partial charge on any atom is -0.505 e. The Morgan fingerprint density at radius 2 is 1.81 bits per heavy atom. The molecule has 0 amide bonds. The molecule has 0 aromatic heterocycles. The lowest BCUT2D eigenvalue weighted by Crippen LogP contribution is -2.43. The highest BCUT2D eigenvalue weighted by Crippen LogP contribution is 2.48. The fourth-order valence-corrected chi connectivity index (χ4v) is 2.10. The first-order chi connectivity index (χ1) is 7.49. The number of halogens is 2. The van der Waals surface area contributed by atoms with E-state index in [4.69, 9.17) is 5.11 Å². The number of aromatic hydroxyl groups is 1. The third kappa shape index (κ3) is 1.27. The maximum absolute atomic E-state index is 13.5. The SMILES string of the molecule is O=C(O)C1(c2c(F)ccc(F)c2O)CCC1. The van der Waals surface area contributed by atoms with Crippen LogP contribution < -0.4 is 0 Å². The average Bonchev–Trinajstić information content (AvgIpc) is 2.15. The lowest BCUT2D eigenvalue weighted by atomic mass is 9.64. The first kappa shape index (κ1) is 10.9. The molecule has 3 nitrogen and oxygen atoms in total. The van der Waals surface area contributed by atoms with Crippen molar-refractivity contribution in [2.75, 3.05) is 0 Å². The zero-order valence-corrected chi connectivity index (χ0v) is 8.33. The third-order valence-corrected chi connectivity index (χ3v) is 3.17. The Morgan fingerprint density at radius 1 is 1.25 bits per heavy atom. The van der Waals surface area contributed by atoms with E-state index >= 15 is 0 Å². The molecule has 1 saturated carbocycles. The highest BCUT2D eigenvalue weighted by atomic mass is 19.1. The second-order valence-corrected chi connectivity index (χ2v) is 3.99. The van der Waals surface area contributed by atoms with Gasteiger partial charge >= 0.3 is 5.97 Å². The van der Waals surface area contributed by atoms with E-state index < -0.39 is 34.3 Å². The van der Waals surface area contributed by atoms with Crippen LogP contribution in [0.15, 0.2) is 12.1 Å². The van der Waals surface area contributed by atoms with E-state index in [1.807, 2.05) is 0 Å². The Balaban J connectivity index is 2.63. The van der Waals surface area contributed by atoms with Gasteiger partial charge in [0.1, 0.15) is 5.82 Å². The van der Waals surface area contributed by atoms with Crippen LogP contribution in [0.4, 0.5) is 8.78 Å². The van der Waals surface area contributed by atoms with E-state index in [0.717, 1.165) is 12.1 Å². The average molecular weight is 228 g/mol. The Hall–Kier alpha value is -1.65. The number of carboxylic acids is 1. The van der Waals surface area contributed by atoms with Gasteiger partial charge in [-0.05, 0) is 25.0 Å². The predicted octanol–water partition coefficient (Wildman–Crippen LogP) is 2.18. The molecule has 86 valence electrons. The van der Waals surface area contributed by atoms with Gasteiger partial charge in [-0.25, -0.2) is 8.78 Å². The summed E-state index contributed by atoms with van der Waals surface area (Å²) in [7, 11) is 0. The molecule has 0 radical (unpaired) electrons. The minimum atomic E-state index is -1.46. The van der Waals surface area contributed by atoms with Gasteiger partial charge in [-0.3, -0.25) is 4.79 Å². The van der Waals surface area contributed by atoms with Crippen molar-refractivity contribution < 1.29 is 23.8 Å². The summed E-state index contributed by atoms with van der Waals surface area (Å²) in [6, 6.07) is 1.62. The van der Waals surface area contributed by atoms with Gasteiger partial charge in [-0.1, -0.05) is 6.42 Å². The summed E-state index contributed by atoms with van der Waals surface area (Å²) in [6.07, 6.45) is 1.06. The summed E-state index contributed by atoms with van der Waals surface area (Å²) >= 11 is 0. The molecule has 0 bridgehead atoms. The van der Waals surface area contributed by atoms with Crippen molar-refractivity contribution in [2.45, 2.75) is 24.7 Å². The van der Waals surface area contributed by atoms with Crippen molar-refractivity contribution in [2.24, 2.45) is 0 Å². The highest BCUT2D eigenvalue weighted by molar-refractivity contribution is 5.83. The molecule has 1 aliphatic rings. The van der Waals surface area contributed by atoms with E-state index in [9.17, 15) is 18.7 Å². The smallest absolute Gasteiger partial charge is 0.314 e. The lowest BCUT2D eigenvalue weighted by molar-refractivity contribution is -0.147. The molecule has 0 aliphatic heterocycles. The number of carbonyl (C=O) groups is 1. The molecule has 0 heterocycles. The van der Waals surface area contributed by atoms with Gasteiger partial charge in [0.2, 0.25) is 0 Å². The highest BCUT2D eigenvalue weighted by Gasteiger charge is 2.49. The zero-order valence-electron chi connectivity index (χ0n) is 8.33. The standard InChI is InChI=1S/C11H10F2O3/c12-6-2-3-7(13)9(14)8(6)11(10(15)16)4-1-5-11/h2-3,14H,1,4-5H2,(H,15,16). The molecule has 2 rings (SSSR count). The third-order valence-electron chi connectivity index (χ3n) is 3.17. The molecule has 16 heavy (non-hydrogen) atoms. The molecule has 1 fully saturated rings. The molecule has 1 aromatic carbocycles. The Labute approximate surface area is 90.3 Å². The van der Waals surface area contributed by atoms with E-state index in [1.165, 1.54) is 0 Å². The van der Waals surface area contributed by atoms with Crippen molar-refractivity contribution in [3.63, 3.8) is 0 Å². The van der Waals surface area contributed by atoms with Crippen LogP contribution in [-0.2, 0) is 10.2 Å². The van der Waals surface area contributed by atoms with Crippen LogP contribution in [-0.4, -0.2) is 16.2 Å². The number of carboxylic acid groups (broad SMARTS) is 1. The summed E-state index contributed by atoms with van der Waals surface area (Å²) in [5, 5.41) is 18.5. The van der Waals surface area contributed by atoms with E-state index in [1.54, 1.807) is 0 Å². The van der Waals surface area contributed by atoms with Crippen molar-refractivity contribution >= 4 is 5.97 Å². The van der Waals surface area contributed by atoms with Gasteiger partial charge in [-0.2, -0.15) is 0 Å². The molecule has 1 aromatic rings. The lowest BCUT2D eigenvalue weighted by Gasteiger charge is -2.38. The molecule has 0 spiro atoms. The molecular formula is C11H10F2O3. The Kier molecular flexibility index (Phi) is 2.33. The van der Waals surface area contributed by atoms with Gasteiger partial charge in [-0.15, -0.1) is 0 Å². The minimum absolute atomic E-state index is 0.219. The topological polar surface area (TPSA) is 57.5 Å². The Morgan fingerprint density at radius 3 is 2.25 bits per heavy atom. The number of aliphatic carboxylic acids is 1. The maximum Gasteiger partial charge on any atom is 0.314 e. The normalized spacial score (nSPS) is 17.9. The summed E-state index contributed by atoms with van der Waals surface area (Å²) in [5.41, 5.74) is -1.89. The van der Waals surface area contributed by atoms with Crippen molar-refractivity contribution in [1.29, 1.82) is 0 Å². The fraction of sp³-hybridized carbons (Fsp3) is 0.364. The Bertz CT molecular complexity index is 453. The van der Waals surface area contributed by atoms with Crippen molar-refractivity contribution in [3.05, 3.63) is 29.3 Å². The molecular weight excluding hydrogens is 218 g/mol. The zero-order chi connectivity index (χ0) is 11.9. The van der Waals surface area contributed by atoms with Crippen LogP contribution in [0.5, 0.6) is 5.75 Å². The molecule has 2 N–H and O–H groups in total. The van der Waals surface area contributed by atoms with Crippen molar-refractivity contribution in [3.8, 4) is 5.75 Å². The number of hydrogen-bond donors (Lipinski definition) is 2. The molecule has 0 atom stereocenters. The van der Waals surface area contributed by atoms with Crippen LogP contribution in [0, 0.1) is 11.6 Å². The second-order valence-electron chi connectivity index (χ2n) is 3.99. The summed E-state index contributed by atoms with van der Waals surface area (Å²) in [6.45, 7) is 0. The van der Waals surface area contributed by atoms with Gasteiger partial charge in [0.25, 0.3) is 0 Å². The second kappa shape index (κ2) is 3.43. The molecule has 1 aliphatic carbocycles. The molecule has 0 unspecified atom stereocenters. The van der Waals surface area contributed by atoms with Crippen LogP contribution in [0.1, 0.15) is 24.8 Å². The number of phenols is 1. The summed E-state index contributed by atoms with van der Waals surface area (Å²) in [5.74, 6) is -3.98. The maximum atomic E-state index is 13.5. The van der Waals surface area contributed by atoms with Gasteiger partial charge in [0, 0.05) is 5.56 Å². The van der Waals surface area contributed by atoms with E-state index in [-0.39, 0.29) is 12.8 Å². The van der Waals surface area contributed by atoms with Crippen LogP contribution in [0.25, 0.3) is 0 Å². The molecule has 5 heteroatoms. The van der Waals surface area contributed by atoms with Crippen LogP contribution in [0.2, 0.25) is 0 Å². The first-order valence-corrected chi connectivity index (χ1v) is 4.90. The number of rotatable bonds is 2. The summed E-state index contributed by atoms with van der Waals surface area (Å²) < 4.78 is 26.6. The van der Waals surface area contributed by atoms with Gasteiger partial charge in [0.05, 0.1) is 5.41 Å². The predicted molar refractivity (Wildman–Crippen MR) is 51.2 cm³/mol.